The average molecular weight is 246 g/mol. The normalized spacial score (nSPS) is 10.7. The quantitative estimate of drug-likeness (QED) is 0.659. The number of aromatic amines is 1. The zero-order valence-electron chi connectivity index (χ0n) is 8.96. The molecule has 0 radical (unpaired) electrons. The molecule has 0 unspecified atom stereocenters. The van der Waals surface area contributed by atoms with E-state index in [1.807, 2.05) is 0 Å². The molecule has 2 heterocycles. The van der Waals surface area contributed by atoms with Crippen LogP contribution in [0.1, 0.15) is 0 Å². The van der Waals surface area contributed by atoms with E-state index in [4.69, 9.17) is 10.3 Å². The third kappa shape index (κ3) is 1.69. The Bertz CT molecular complexity index is 678. The van der Waals surface area contributed by atoms with Crippen molar-refractivity contribution in [2.75, 3.05) is 5.73 Å². The second-order valence-corrected chi connectivity index (χ2v) is 3.49. The van der Waals surface area contributed by atoms with Crippen molar-refractivity contribution in [2.45, 2.75) is 0 Å². The maximum absolute atomic E-state index is 13.3. The molecule has 0 aliphatic rings. The molecule has 0 aliphatic carbocycles. The summed E-state index contributed by atoms with van der Waals surface area (Å²) in [7, 11) is 0. The number of rotatable bonds is 2. The van der Waals surface area contributed by atoms with Crippen molar-refractivity contribution in [3.63, 3.8) is 0 Å². The van der Waals surface area contributed by atoms with Crippen LogP contribution in [0.2, 0.25) is 0 Å². The fraction of sp³-hybridized carbons (Fsp3) is 0. The van der Waals surface area contributed by atoms with Gasteiger partial charge in [0, 0.05) is 5.56 Å². The first-order chi connectivity index (χ1) is 8.74. The van der Waals surface area contributed by atoms with Crippen LogP contribution in [0.25, 0.3) is 23.1 Å². The second kappa shape index (κ2) is 3.91. The van der Waals surface area contributed by atoms with Crippen molar-refractivity contribution in [1.29, 1.82) is 0 Å². The summed E-state index contributed by atoms with van der Waals surface area (Å²) in [5.74, 6) is 0.271. The minimum Gasteiger partial charge on any atom is -0.396 e. The van der Waals surface area contributed by atoms with E-state index >= 15 is 0 Å². The lowest BCUT2D eigenvalue weighted by Crippen LogP contribution is -1.90. The number of anilines is 1. The van der Waals surface area contributed by atoms with Crippen molar-refractivity contribution in [3.8, 4) is 23.1 Å². The van der Waals surface area contributed by atoms with Gasteiger partial charge in [-0.25, -0.2) is 9.37 Å². The van der Waals surface area contributed by atoms with Gasteiger partial charge in [-0.05, 0) is 18.2 Å². The van der Waals surface area contributed by atoms with Crippen molar-refractivity contribution >= 4 is 5.69 Å². The third-order valence-corrected chi connectivity index (χ3v) is 2.30. The molecule has 0 fully saturated rings. The number of nitrogens with one attached hydrogen (secondary N) is 1. The van der Waals surface area contributed by atoms with Crippen molar-refractivity contribution in [1.82, 2.24) is 25.3 Å². The number of aromatic nitrogens is 5. The van der Waals surface area contributed by atoms with E-state index in [0.717, 1.165) is 0 Å². The topological polar surface area (TPSA) is 107 Å². The van der Waals surface area contributed by atoms with Crippen LogP contribution in [0, 0.1) is 5.82 Å². The van der Waals surface area contributed by atoms with Crippen molar-refractivity contribution < 1.29 is 8.91 Å². The van der Waals surface area contributed by atoms with E-state index in [0.29, 0.717) is 11.4 Å². The van der Waals surface area contributed by atoms with Crippen LogP contribution < -0.4 is 5.73 Å². The minimum atomic E-state index is -0.535. The van der Waals surface area contributed by atoms with Crippen LogP contribution in [0.4, 0.5) is 10.1 Å². The lowest BCUT2D eigenvalue weighted by molar-refractivity contribution is 0.431. The molecule has 3 rings (SSSR count). The zero-order valence-corrected chi connectivity index (χ0v) is 8.96. The Morgan fingerprint density at radius 1 is 1.33 bits per heavy atom. The molecule has 90 valence electrons. The average Bonchev–Trinajstić information content (AvgIpc) is 3.01. The summed E-state index contributed by atoms with van der Waals surface area (Å²) in [5, 5.41) is 9.98. The Labute approximate surface area is 99.9 Å². The highest BCUT2D eigenvalue weighted by molar-refractivity contribution is 5.59. The summed E-state index contributed by atoms with van der Waals surface area (Å²) in [4.78, 5) is 7.95. The molecule has 0 amide bonds. The predicted molar refractivity (Wildman–Crippen MR) is 59.5 cm³/mol. The number of hydrogen-bond donors (Lipinski definition) is 2. The van der Waals surface area contributed by atoms with Gasteiger partial charge in [0.05, 0.1) is 5.69 Å². The number of halogens is 1. The Kier molecular flexibility index (Phi) is 2.26. The van der Waals surface area contributed by atoms with Gasteiger partial charge in [-0.3, -0.25) is 5.10 Å². The first kappa shape index (κ1) is 10.4. The van der Waals surface area contributed by atoms with Gasteiger partial charge in [-0.15, -0.1) is 0 Å². The molecule has 0 atom stereocenters. The number of nitrogens with two attached hydrogens (primary N) is 1. The molecule has 3 aromatic rings. The fourth-order valence-corrected chi connectivity index (χ4v) is 1.41. The molecule has 2 aromatic heterocycles. The third-order valence-electron chi connectivity index (χ3n) is 2.30. The van der Waals surface area contributed by atoms with Gasteiger partial charge in [0.1, 0.15) is 12.1 Å². The van der Waals surface area contributed by atoms with E-state index in [2.05, 4.69) is 25.3 Å². The number of nitrogens with zero attached hydrogens (tertiary/aromatic N) is 4. The lowest BCUT2D eigenvalue weighted by Gasteiger charge is -1.97. The summed E-state index contributed by atoms with van der Waals surface area (Å²) in [5.41, 5.74) is 5.89. The maximum Gasteiger partial charge on any atom is 0.258 e. The molecule has 0 bridgehead atoms. The summed E-state index contributed by atoms with van der Waals surface area (Å²) in [6.45, 7) is 0. The van der Waals surface area contributed by atoms with Crippen LogP contribution >= 0.6 is 0 Å². The van der Waals surface area contributed by atoms with E-state index in [9.17, 15) is 4.39 Å². The van der Waals surface area contributed by atoms with Crippen LogP contribution in [-0.2, 0) is 0 Å². The Morgan fingerprint density at radius 3 is 2.94 bits per heavy atom. The molecule has 3 N–H and O–H groups in total. The first-order valence-corrected chi connectivity index (χ1v) is 4.99. The number of benzene rings is 1. The van der Waals surface area contributed by atoms with E-state index < -0.39 is 5.82 Å². The minimum absolute atomic E-state index is 0.0636. The van der Waals surface area contributed by atoms with Gasteiger partial charge < -0.3 is 10.3 Å². The Hall–Kier alpha value is -2.77. The number of hydrogen-bond acceptors (Lipinski definition) is 6. The molecule has 0 spiro atoms. The van der Waals surface area contributed by atoms with Gasteiger partial charge in [0.25, 0.3) is 5.89 Å². The molecule has 1 aromatic carbocycles. The Balaban J connectivity index is 2.00. The van der Waals surface area contributed by atoms with Gasteiger partial charge in [-0.2, -0.15) is 10.1 Å². The van der Waals surface area contributed by atoms with Gasteiger partial charge in [-0.1, -0.05) is 5.16 Å². The fourth-order valence-electron chi connectivity index (χ4n) is 1.41. The number of H-pyrrole nitrogens is 1. The monoisotopic (exact) mass is 246 g/mol. The molecule has 0 saturated heterocycles. The highest BCUT2D eigenvalue weighted by atomic mass is 19.1. The zero-order chi connectivity index (χ0) is 12.5. The highest BCUT2D eigenvalue weighted by Gasteiger charge is 2.13. The largest absolute Gasteiger partial charge is 0.396 e. The molecule has 0 saturated carbocycles. The molecule has 8 heteroatoms. The van der Waals surface area contributed by atoms with Crippen molar-refractivity contribution in [2.24, 2.45) is 0 Å². The van der Waals surface area contributed by atoms with Gasteiger partial charge >= 0.3 is 0 Å². The molecule has 18 heavy (non-hydrogen) atoms. The summed E-state index contributed by atoms with van der Waals surface area (Å²) in [6.07, 6.45) is 1.33. The summed E-state index contributed by atoms with van der Waals surface area (Å²) < 4.78 is 18.3. The van der Waals surface area contributed by atoms with Gasteiger partial charge in [0.2, 0.25) is 5.82 Å². The predicted octanol–water partition coefficient (Wildman–Crippen LogP) is 1.24. The standard InChI is InChI=1S/C10H7FN6O/c11-6-3-5(1-2-7(6)12)10-15-9(17-18-10)8-13-4-14-16-8/h1-4H,12H2,(H,13,14,16). The SMILES string of the molecule is Nc1ccc(-c2nc(-c3ncn[nH]3)no2)cc1F. The smallest absolute Gasteiger partial charge is 0.258 e. The van der Waals surface area contributed by atoms with Crippen LogP contribution in [0.15, 0.2) is 29.0 Å². The first-order valence-electron chi connectivity index (χ1n) is 4.99. The summed E-state index contributed by atoms with van der Waals surface area (Å²) in [6, 6.07) is 4.26. The van der Waals surface area contributed by atoms with Crippen molar-refractivity contribution in [3.05, 3.63) is 30.3 Å². The highest BCUT2D eigenvalue weighted by Crippen LogP contribution is 2.22. The lowest BCUT2D eigenvalue weighted by atomic mass is 10.2. The molecule has 0 aliphatic heterocycles. The summed E-state index contributed by atoms with van der Waals surface area (Å²) >= 11 is 0. The Morgan fingerprint density at radius 2 is 2.22 bits per heavy atom. The maximum atomic E-state index is 13.3. The molecule has 7 nitrogen and oxygen atoms in total. The van der Waals surface area contributed by atoms with Crippen LogP contribution in [0.5, 0.6) is 0 Å². The molecular weight excluding hydrogens is 239 g/mol. The second-order valence-electron chi connectivity index (χ2n) is 3.49. The van der Waals surface area contributed by atoms with Crippen LogP contribution in [0.3, 0.4) is 0 Å². The van der Waals surface area contributed by atoms with E-state index in [1.165, 1.54) is 18.5 Å². The van der Waals surface area contributed by atoms with Gasteiger partial charge in [0.15, 0.2) is 5.82 Å². The van der Waals surface area contributed by atoms with E-state index in [1.54, 1.807) is 6.07 Å². The number of nitrogen functional groups attached to an aromatic ring is 1. The molecular formula is C10H7FN6O. The van der Waals surface area contributed by atoms with E-state index in [-0.39, 0.29) is 17.4 Å². The van der Waals surface area contributed by atoms with Crippen LogP contribution in [-0.4, -0.2) is 25.3 Å².